The van der Waals surface area contributed by atoms with Gasteiger partial charge in [0.2, 0.25) is 0 Å². The Labute approximate surface area is 183 Å². The molecular weight excluding hydrogens is 412 g/mol. The van der Waals surface area contributed by atoms with Crippen LogP contribution in [0.5, 0.6) is 5.75 Å². The molecule has 0 bridgehead atoms. The lowest BCUT2D eigenvalue weighted by Gasteiger charge is -2.13. The molecule has 3 aromatic rings. The van der Waals surface area contributed by atoms with Crippen LogP contribution in [0.1, 0.15) is 22.3 Å². The Morgan fingerprint density at radius 3 is 2.29 bits per heavy atom. The monoisotopic (exact) mass is 438 g/mol. The van der Waals surface area contributed by atoms with Crippen molar-refractivity contribution in [1.82, 2.24) is 5.32 Å². The van der Waals surface area contributed by atoms with E-state index in [0.717, 1.165) is 16.7 Å². The van der Waals surface area contributed by atoms with Crippen molar-refractivity contribution in [1.29, 1.82) is 0 Å². The lowest BCUT2D eigenvalue weighted by atomic mass is 10.1. The third-order valence-corrected chi connectivity index (χ3v) is 6.29. The number of sulfonamides is 1. The third kappa shape index (κ3) is 6.08. The van der Waals surface area contributed by atoms with E-state index < -0.39 is 10.0 Å². The largest absolute Gasteiger partial charge is 0.484 e. The number of amides is 1. The van der Waals surface area contributed by atoms with Gasteiger partial charge in [0, 0.05) is 12.2 Å². The number of ether oxygens (including phenoxy) is 1. The first-order valence-corrected chi connectivity index (χ1v) is 11.4. The molecule has 6 nitrogen and oxygen atoms in total. The first kappa shape index (κ1) is 22.4. The number of anilines is 1. The van der Waals surface area contributed by atoms with E-state index in [1.165, 1.54) is 12.1 Å². The zero-order chi connectivity index (χ0) is 22.4. The van der Waals surface area contributed by atoms with E-state index in [1.807, 2.05) is 50.2 Å². The van der Waals surface area contributed by atoms with Crippen LogP contribution in [0.25, 0.3) is 0 Å². The minimum absolute atomic E-state index is 0.129. The smallest absolute Gasteiger partial charge is 0.261 e. The van der Waals surface area contributed by atoms with Crippen LogP contribution in [0, 0.1) is 20.8 Å². The highest BCUT2D eigenvalue weighted by Crippen LogP contribution is 2.24. The van der Waals surface area contributed by atoms with Gasteiger partial charge in [-0.15, -0.1) is 0 Å². The number of rotatable bonds is 8. The molecule has 0 saturated carbocycles. The van der Waals surface area contributed by atoms with E-state index in [-0.39, 0.29) is 17.4 Å². The van der Waals surface area contributed by atoms with Crippen LogP contribution in [-0.4, -0.2) is 20.9 Å². The minimum atomic E-state index is -3.74. The van der Waals surface area contributed by atoms with Gasteiger partial charge in [0.15, 0.2) is 6.61 Å². The molecule has 0 atom stereocenters. The van der Waals surface area contributed by atoms with Crippen molar-refractivity contribution in [3.8, 4) is 5.75 Å². The van der Waals surface area contributed by atoms with Crippen molar-refractivity contribution < 1.29 is 17.9 Å². The summed E-state index contributed by atoms with van der Waals surface area (Å²) in [5, 5.41) is 2.79. The zero-order valence-corrected chi connectivity index (χ0v) is 18.6. The van der Waals surface area contributed by atoms with Gasteiger partial charge in [-0.25, -0.2) is 8.42 Å². The van der Waals surface area contributed by atoms with Crippen molar-refractivity contribution in [3.63, 3.8) is 0 Å². The van der Waals surface area contributed by atoms with Gasteiger partial charge in [0.1, 0.15) is 5.75 Å². The SMILES string of the molecule is Cc1ccc(NS(=O)(=O)c2ccc(OCC(=O)NCc3ccccc3)c(C)c2)cc1C. The van der Waals surface area contributed by atoms with E-state index >= 15 is 0 Å². The Morgan fingerprint density at radius 1 is 0.871 bits per heavy atom. The fourth-order valence-corrected chi connectivity index (χ4v) is 4.10. The summed E-state index contributed by atoms with van der Waals surface area (Å²) in [5.41, 5.74) is 4.23. The lowest BCUT2D eigenvalue weighted by molar-refractivity contribution is -0.123. The van der Waals surface area contributed by atoms with Crippen molar-refractivity contribution in [2.75, 3.05) is 11.3 Å². The molecule has 31 heavy (non-hydrogen) atoms. The topological polar surface area (TPSA) is 84.5 Å². The first-order valence-electron chi connectivity index (χ1n) is 9.89. The fourth-order valence-electron chi connectivity index (χ4n) is 2.96. The Morgan fingerprint density at radius 2 is 1.61 bits per heavy atom. The maximum absolute atomic E-state index is 12.7. The Bertz CT molecular complexity index is 1180. The van der Waals surface area contributed by atoms with Crippen LogP contribution in [-0.2, 0) is 21.4 Å². The van der Waals surface area contributed by atoms with Crippen molar-refractivity contribution >= 4 is 21.6 Å². The highest BCUT2D eigenvalue weighted by molar-refractivity contribution is 7.92. The molecule has 0 saturated heterocycles. The molecule has 0 unspecified atom stereocenters. The second-order valence-electron chi connectivity index (χ2n) is 7.38. The maximum atomic E-state index is 12.7. The van der Waals surface area contributed by atoms with E-state index in [1.54, 1.807) is 25.1 Å². The molecule has 2 N–H and O–H groups in total. The average Bonchev–Trinajstić information content (AvgIpc) is 2.74. The molecule has 0 aromatic heterocycles. The number of carbonyl (C=O) groups is 1. The van der Waals surface area contributed by atoms with Gasteiger partial charge >= 0.3 is 0 Å². The summed E-state index contributed by atoms with van der Waals surface area (Å²) in [5.74, 6) is 0.205. The number of carbonyl (C=O) groups excluding carboxylic acids is 1. The molecule has 0 aliphatic heterocycles. The average molecular weight is 439 g/mol. The van der Waals surface area contributed by atoms with E-state index in [9.17, 15) is 13.2 Å². The standard InChI is InChI=1S/C24H26N2O4S/c1-17-9-10-21(13-18(17)2)26-31(28,29)22-11-12-23(19(3)14-22)30-16-24(27)25-15-20-7-5-4-6-8-20/h4-14,26H,15-16H2,1-3H3,(H,25,27). The molecule has 0 aliphatic carbocycles. The molecule has 0 aliphatic rings. The van der Waals surface area contributed by atoms with Gasteiger partial charge in [-0.3, -0.25) is 9.52 Å². The van der Waals surface area contributed by atoms with E-state index in [4.69, 9.17) is 4.74 Å². The quantitative estimate of drug-likeness (QED) is 0.554. The van der Waals surface area contributed by atoms with Gasteiger partial charge in [-0.2, -0.15) is 0 Å². The number of benzene rings is 3. The normalized spacial score (nSPS) is 11.1. The summed E-state index contributed by atoms with van der Waals surface area (Å²) >= 11 is 0. The molecule has 0 radical (unpaired) electrons. The molecule has 0 fully saturated rings. The van der Waals surface area contributed by atoms with Crippen LogP contribution in [0.15, 0.2) is 71.6 Å². The highest BCUT2D eigenvalue weighted by atomic mass is 32.2. The number of hydrogen-bond donors (Lipinski definition) is 2. The molecule has 0 heterocycles. The molecular formula is C24H26N2O4S. The summed E-state index contributed by atoms with van der Waals surface area (Å²) in [6.07, 6.45) is 0. The number of aryl methyl sites for hydroxylation is 3. The van der Waals surface area contributed by atoms with Crippen molar-refractivity contribution in [2.45, 2.75) is 32.2 Å². The molecule has 162 valence electrons. The van der Waals surface area contributed by atoms with Gasteiger partial charge in [-0.1, -0.05) is 36.4 Å². The lowest BCUT2D eigenvalue weighted by Crippen LogP contribution is -2.28. The Kier molecular flexibility index (Phi) is 6.97. The van der Waals surface area contributed by atoms with Crippen molar-refractivity contribution in [2.24, 2.45) is 0 Å². The fraction of sp³-hybridized carbons (Fsp3) is 0.208. The number of hydrogen-bond acceptors (Lipinski definition) is 4. The molecule has 3 rings (SSSR count). The third-order valence-electron chi connectivity index (χ3n) is 4.91. The van der Waals surface area contributed by atoms with Crippen LogP contribution in [0.2, 0.25) is 0 Å². The molecule has 3 aromatic carbocycles. The van der Waals surface area contributed by atoms with E-state index in [2.05, 4.69) is 10.0 Å². The summed E-state index contributed by atoms with van der Waals surface area (Å²) in [6, 6.07) is 19.5. The summed E-state index contributed by atoms with van der Waals surface area (Å²) in [7, 11) is -3.74. The molecule has 1 amide bonds. The van der Waals surface area contributed by atoms with E-state index in [0.29, 0.717) is 23.5 Å². The first-order chi connectivity index (χ1) is 14.7. The zero-order valence-electron chi connectivity index (χ0n) is 17.8. The minimum Gasteiger partial charge on any atom is -0.484 e. The predicted octanol–water partition coefficient (Wildman–Crippen LogP) is 4.11. The van der Waals surface area contributed by atoms with Crippen LogP contribution < -0.4 is 14.8 Å². The molecule has 7 heteroatoms. The van der Waals surface area contributed by atoms with Gasteiger partial charge in [-0.05, 0) is 73.4 Å². The molecule has 0 spiro atoms. The van der Waals surface area contributed by atoms with Crippen molar-refractivity contribution in [3.05, 3.63) is 89.0 Å². The van der Waals surface area contributed by atoms with Gasteiger partial charge in [0.25, 0.3) is 15.9 Å². The number of nitrogens with one attached hydrogen (secondary N) is 2. The second kappa shape index (κ2) is 9.66. The van der Waals surface area contributed by atoms with Gasteiger partial charge < -0.3 is 10.1 Å². The Balaban J connectivity index is 1.61. The van der Waals surface area contributed by atoms with Crippen LogP contribution in [0.4, 0.5) is 5.69 Å². The second-order valence-corrected chi connectivity index (χ2v) is 9.07. The summed E-state index contributed by atoms with van der Waals surface area (Å²) in [6.45, 7) is 5.91. The predicted molar refractivity (Wildman–Crippen MR) is 122 cm³/mol. The van der Waals surface area contributed by atoms with Crippen LogP contribution >= 0.6 is 0 Å². The summed E-state index contributed by atoms with van der Waals surface area (Å²) < 4.78 is 33.6. The summed E-state index contributed by atoms with van der Waals surface area (Å²) in [4.78, 5) is 12.2. The maximum Gasteiger partial charge on any atom is 0.261 e. The Hall–Kier alpha value is -3.32. The van der Waals surface area contributed by atoms with Gasteiger partial charge in [0.05, 0.1) is 4.90 Å². The van der Waals surface area contributed by atoms with Crippen LogP contribution in [0.3, 0.4) is 0 Å². The highest BCUT2D eigenvalue weighted by Gasteiger charge is 2.16.